The zero-order chi connectivity index (χ0) is 16.5. The van der Waals surface area contributed by atoms with Crippen molar-refractivity contribution < 1.29 is 24.5 Å². The maximum absolute atomic E-state index is 11.2. The Balaban J connectivity index is 2.80. The lowest BCUT2D eigenvalue weighted by Crippen LogP contribution is -2.40. The number of carboxylic acid groups (broad SMARTS) is 2. The largest absolute Gasteiger partial charge is 0.494 e. The van der Waals surface area contributed by atoms with Crippen molar-refractivity contribution in [1.82, 2.24) is 0 Å². The van der Waals surface area contributed by atoms with Gasteiger partial charge in [-0.15, -0.1) is 0 Å². The molecule has 1 atom stereocenters. The number of carbonyl (C=O) groups is 2. The van der Waals surface area contributed by atoms with Crippen molar-refractivity contribution in [2.75, 3.05) is 18.1 Å². The van der Waals surface area contributed by atoms with Gasteiger partial charge in [0.05, 0.1) is 13.0 Å². The van der Waals surface area contributed by atoms with Gasteiger partial charge in [-0.1, -0.05) is 13.3 Å². The van der Waals surface area contributed by atoms with Crippen LogP contribution in [-0.4, -0.2) is 41.3 Å². The zero-order valence-electron chi connectivity index (χ0n) is 13.0. The van der Waals surface area contributed by atoms with Crippen molar-refractivity contribution in [2.24, 2.45) is 0 Å². The molecular formula is C16H23NO5. The van der Waals surface area contributed by atoms with Crippen LogP contribution in [0, 0.1) is 0 Å². The summed E-state index contributed by atoms with van der Waals surface area (Å²) >= 11 is 0. The molecule has 0 heterocycles. The molecule has 6 nitrogen and oxygen atoms in total. The van der Waals surface area contributed by atoms with E-state index in [-0.39, 0.29) is 13.0 Å². The van der Waals surface area contributed by atoms with Gasteiger partial charge in [-0.25, -0.2) is 4.79 Å². The number of nitrogens with zero attached hydrogens (tertiary/aromatic N) is 1. The zero-order valence-corrected chi connectivity index (χ0v) is 13.0. The van der Waals surface area contributed by atoms with Gasteiger partial charge in [-0.2, -0.15) is 0 Å². The first kappa shape index (κ1) is 17.8. The van der Waals surface area contributed by atoms with Gasteiger partial charge in [0.25, 0.3) is 0 Å². The molecule has 6 heteroatoms. The molecule has 0 aromatic heterocycles. The van der Waals surface area contributed by atoms with Crippen molar-refractivity contribution in [3.05, 3.63) is 24.3 Å². The molecule has 2 N–H and O–H groups in total. The molecule has 0 saturated carbocycles. The fraction of sp³-hybridized carbons (Fsp3) is 0.500. The summed E-state index contributed by atoms with van der Waals surface area (Å²) in [5.74, 6) is -1.23. The number of benzene rings is 1. The number of carboxylic acids is 2. The van der Waals surface area contributed by atoms with E-state index in [4.69, 9.17) is 14.9 Å². The second kappa shape index (κ2) is 8.92. The Morgan fingerprint density at radius 3 is 2.36 bits per heavy atom. The minimum atomic E-state index is -0.992. The Morgan fingerprint density at radius 2 is 1.86 bits per heavy atom. The van der Waals surface area contributed by atoms with Crippen molar-refractivity contribution >= 4 is 17.6 Å². The number of aliphatic carboxylic acids is 2. The van der Waals surface area contributed by atoms with E-state index in [9.17, 15) is 9.59 Å². The molecule has 0 saturated heterocycles. The van der Waals surface area contributed by atoms with Gasteiger partial charge in [-0.3, -0.25) is 4.79 Å². The highest BCUT2D eigenvalue weighted by Crippen LogP contribution is 2.22. The predicted molar refractivity (Wildman–Crippen MR) is 83.5 cm³/mol. The number of hydrogen-bond acceptors (Lipinski definition) is 4. The monoisotopic (exact) mass is 309 g/mol. The molecule has 0 fully saturated rings. The minimum Gasteiger partial charge on any atom is -0.494 e. The van der Waals surface area contributed by atoms with E-state index < -0.39 is 18.0 Å². The van der Waals surface area contributed by atoms with Crippen LogP contribution < -0.4 is 9.64 Å². The molecule has 0 bridgehead atoms. The number of rotatable bonds is 10. The first-order chi connectivity index (χ1) is 10.5. The second-order valence-corrected chi connectivity index (χ2v) is 5.05. The number of unbranched alkanes of at least 4 members (excludes halogenated alkanes) is 1. The Bertz CT molecular complexity index is 486. The third-order valence-corrected chi connectivity index (χ3v) is 3.33. The van der Waals surface area contributed by atoms with Crippen LogP contribution in [-0.2, 0) is 9.59 Å². The molecule has 22 heavy (non-hydrogen) atoms. The fourth-order valence-electron chi connectivity index (χ4n) is 1.96. The van der Waals surface area contributed by atoms with Crippen molar-refractivity contribution in [1.29, 1.82) is 0 Å². The summed E-state index contributed by atoms with van der Waals surface area (Å²) < 4.78 is 5.56. The van der Waals surface area contributed by atoms with E-state index in [2.05, 4.69) is 6.92 Å². The van der Waals surface area contributed by atoms with Gasteiger partial charge in [0.1, 0.15) is 11.8 Å². The quantitative estimate of drug-likeness (QED) is 0.646. The van der Waals surface area contributed by atoms with E-state index in [0.717, 1.165) is 18.6 Å². The molecule has 0 radical (unpaired) electrons. The summed E-state index contributed by atoms with van der Waals surface area (Å²) in [6.07, 6.45) is 1.91. The molecule has 0 aliphatic rings. The first-order valence-corrected chi connectivity index (χ1v) is 7.39. The lowest BCUT2D eigenvalue weighted by Gasteiger charge is -2.28. The Labute approximate surface area is 130 Å². The molecule has 1 unspecified atom stereocenters. The highest BCUT2D eigenvalue weighted by Gasteiger charge is 2.21. The van der Waals surface area contributed by atoms with Gasteiger partial charge in [0, 0.05) is 12.2 Å². The first-order valence-electron chi connectivity index (χ1n) is 7.39. The van der Waals surface area contributed by atoms with E-state index in [1.165, 1.54) is 6.92 Å². The van der Waals surface area contributed by atoms with Gasteiger partial charge in [-0.05, 0) is 37.6 Å². The van der Waals surface area contributed by atoms with Gasteiger partial charge < -0.3 is 19.8 Å². The van der Waals surface area contributed by atoms with Crippen molar-refractivity contribution in [3.8, 4) is 5.75 Å². The normalized spacial score (nSPS) is 11.7. The predicted octanol–water partition coefficient (Wildman–Crippen LogP) is 2.62. The molecule has 122 valence electrons. The van der Waals surface area contributed by atoms with Gasteiger partial charge >= 0.3 is 11.9 Å². The number of ether oxygens (including phenoxy) is 1. The summed E-state index contributed by atoms with van der Waals surface area (Å²) in [7, 11) is 0. The second-order valence-electron chi connectivity index (χ2n) is 5.05. The van der Waals surface area contributed by atoms with Crippen LogP contribution in [0.5, 0.6) is 5.75 Å². The average Bonchev–Trinajstić information content (AvgIpc) is 2.48. The maximum atomic E-state index is 11.2. The van der Waals surface area contributed by atoms with Crippen molar-refractivity contribution in [3.63, 3.8) is 0 Å². The van der Waals surface area contributed by atoms with E-state index >= 15 is 0 Å². The summed E-state index contributed by atoms with van der Waals surface area (Å²) in [5, 5.41) is 18.0. The summed E-state index contributed by atoms with van der Waals surface area (Å²) in [4.78, 5) is 23.5. The molecule has 0 spiro atoms. The van der Waals surface area contributed by atoms with Crippen LogP contribution in [0.3, 0.4) is 0 Å². The van der Waals surface area contributed by atoms with Crippen LogP contribution in [0.1, 0.15) is 33.1 Å². The topological polar surface area (TPSA) is 87.1 Å². The van der Waals surface area contributed by atoms with Gasteiger partial charge in [0.2, 0.25) is 0 Å². The molecular weight excluding hydrogens is 286 g/mol. The van der Waals surface area contributed by atoms with E-state index in [1.807, 2.05) is 0 Å². The van der Waals surface area contributed by atoms with Crippen LogP contribution in [0.15, 0.2) is 24.3 Å². The highest BCUT2D eigenvalue weighted by molar-refractivity contribution is 5.78. The highest BCUT2D eigenvalue weighted by atomic mass is 16.5. The third kappa shape index (κ3) is 5.63. The smallest absolute Gasteiger partial charge is 0.326 e. The molecule has 1 rings (SSSR count). The summed E-state index contributed by atoms with van der Waals surface area (Å²) in [5.41, 5.74) is 0.666. The molecule has 0 aliphatic carbocycles. The molecule has 0 amide bonds. The molecule has 1 aromatic carbocycles. The molecule has 0 aliphatic heterocycles. The standard InChI is InChI=1S/C16H23NO5/c1-3-4-11-22-14-7-5-13(6-8-14)17(10-9-15(18)19)12(2)16(20)21/h5-8,12H,3-4,9-11H2,1-2H3,(H,18,19)(H,20,21). The maximum Gasteiger partial charge on any atom is 0.326 e. The average molecular weight is 309 g/mol. The lowest BCUT2D eigenvalue weighted by atomic mass is 10.2. The van der Waals surface area contributed by atoms with E-state index in [0.29, 0.717) is 12.3 Å². The van der Waals surface area contributed by atoms with Crippen LogP contribution in [0.4, 0.5) is 5.69 Å². The lowest BCUT2D eigenvalue weighted by molar-refractivity contribution is -0.139. The Hall–Kier alpha value is -2.24. The minimum absolute atomic E-state index is 0.119. The number of anilines is 1. The fourth-order valence-corrected chi connectivity index (χ4v) is 1.96. The third-order valence-electron chi connectivity index (χ3n) is 3.33. The Kier molecular flexibility index (Phi) is 7.22. The summed E-state index contributed by atoms with van der Waals surface area (Å²) in [6.45, 7) is 4.40. The van der Waals surface area contributed by atoms with Crippen LogP contribution >= 0.6 is 0 Å². The van der Waals surface area contributed by atoms with Crippen molar-refractivity contribution in [2.45, 2.75) is 39.2 Å². The van der Waals surface area contributed by atoms with Crippen LogP contribution in [0.25, 0.3) is 0 Å². The molecule has 1 aromatic rings. The SMILES string of the molecule is CCCCOc1ccc(N(CCC(=O)O)C(C)C(=O)O)cc1. The van der Waals surface area contributed by atoms with Gasteiger partial charge in [0.15, 0.2) is 0 Å². The van der Waals surface area contributed by atoms with Crippen LogP contribution in [0.2, 0.25) is 0 Å². The van der Waals surface area contributed by atoms with E-state index in [1.54, 1.807) is 29.2 Å². The Morgan fingerprint density at radius 1 is 1.23 bits per heavy atom. The summed E-state index contributed by atoms with van der Waals surface area (Å²) in [6, 6.07) is 6.25. The number of hydrogen-bond donors (Lipinski definition) is 2.